The monoisotopic (exact) mass is 521 g/mol. The fraction of sp³-hybridized carbons (Fsp3) is 0.458. The minimum atomic E-state index is -0.566. The summed E-state index contributed by atoms with van der Waals surface area (Å²) >= 11 is 7.32. The minimum absolute atomic E-state index is 0.139. The van der Waals surface area contributed by atoms with Gasteiger partial charge in [0.15, 0.2) is 0 Å². The summed E-state index contributed by atoms with van der Waals surface area (Å²) in [6, 6.07) is 12.4. The van der Waals surface area contributed by atoms with Gasteiger partial charge in [-0.15, -0.1) is 0 Å². The zero-order valence-corrected chi connectivity index (χ0v) is 21.0. The largest absolute Gasteiger partial charge is 0.443 e. The molecule has 0 fully saturated rings. The second kappa shape index (κ2) is 8.43. The number of rotatable bonds is 4. The van der Waals surface area contributed by atoms with Crippen LogP contribution in [0.25, 0.3) is 0 Å². The van der Waals surface area contributed by atoms with E-state index in [2.05, 4.69) is 57.8 Å². The van der Waals surface area contributed by atoms with E-state index in [9.17, 15) is 4.79 Å². The summed E-state index contributed by atoms with van der Waals surface area (Å²) in [5.41, 5.74) is 3.50. The van der Waals surface area contributed by atoms with Crippen LogP contribution in [0, 0.1) is 0 Å². The van der Waals surface area contributed by atoms with Crippen LogP contribution in [0.15, 0.2) is 45.3 Å². The van der Waals surface area contributed by atoms with Gasteiger partial charge in [0.25, 0.3) is 0 Å². The predicted molar refractivity (Wildman–Crippen MR) is 127 cm³/mol. The maximum atomic E-state index is 13.3. The lowest BCUT2D eigenvalue weighted by Crippen LogP contribution is -2.41. The molecule has 2 aromatic rings. The Labute approximate surface area is 191 Å². The third kappa shape index (κ3) is 4.27. The lowest BCUT2D eigenvalue weighted by molar-refractivity contribution is 0.0597. The van der Waals surface area contributed by atoms with Crippen molar-refractivity contribution in [2.24, 2.45) is 0 Å². The number of benzene rings is 2. The Kier molecular flexibility index (Phi) is 6.50. The highest BCUT2D eigenvalue weighted by atomic mass is 79.9. The van der Waals surface area contributed by atoms with Gasteiger partial charge in [-0.25, -0.2) is 9.69 Å². The van der Waals surface area contributed by atoms with E-state index >= 15 is 0 Å². The van der Waals surface area contributed by atoms with E-state index in [1.807, 2.05) is 45.0 Å². The third-order valence-corrected chi connectivity index (χ3v) is 6.35. The third-order valence-electron chi connectivity index (χ3n) is 5.36. The van der Waals surface area contributed by atoms with Crippen molar-refractivity contribution < 1.29 is 9.53 Å². The maximum absolute atomic E-state index is 13.3. The van der Waals surface area contributed by atoms with E-state index in [0.717, 1.165) is 46.0 Å². The van der Waals surface area contributed by atoms with Crippen LogP contribution in [0.2, 0.25) is 0 Å². The molecule has 1 amide bonds. The molecule has 29 heavy (non-hydrogen) atoms. The molecule has 1 aliphatic rings. The molecule has 3 rings (SSSR count). The number of carbonyl (C=O) groups excluding carboxylic acids is 1. The lowest BCUT2D eigenvalue weighted by Gasteiger charge is -2.45. The van der Waals surface area contributed by atoms with Gasteiger partial charge in [-0.2, -0.15) is 0 Å². The molecule has 1 aliphatic heterocycles. The summed E-state index contributed by atoms with van der Waals surface area (Å²) in [6.45, 7) is 10.2. The fourth-order valence-corrected chi connectivity index (χ4v) is 5.19. The number of carbonyl (C=O) groups is 1. The van der Waals surface area contributed by atoms with Crippen molar-refractivity contribution in [3.63, 3.8) is 0 Å². The quantitative estimate of drug-likeness (QED) is 0.402. The van der Waals surface area contributed by atoms with Crippen LogP contribution in [0.4, 0.5) is 16.2 Å². The van der Waals surface area contributed by atoms with E-state index in [-0.39, 0.29) is 11.5 Å². The Morgan fingerprint density at radius 3 is 1.76 bits per heavy atom. The summed E-state index contributed by atoms with van der Waals surface area (Å²) < 4.78 is 7.85. The van der Waals surface area contributed by atoms with Crippen LogP contribution in [-0.2, 0) is 10.2 Å². The molecule has 156 valence electrons. The van der Waals surface area contributed by atoms with Crippen LogP contribution in [0.5, 0.6) is 0 Å². The number of amides is 1. The maximum Gasteiger partial charge on any atom is 0.419 e. The Morgan fingerprint density at radius 2 is 1.38 bits per heavy atom. The average Bonchev–Trinajstić information content (AvgIpc) is 2.62. The molecular weight excluding hydrogens is 494 g/mol. The van der Waals surface area contributed by atoms with E-state index in [1.165, 1.54) is 11.1 Å². The number of fused-ring (bicyclic) bond motifs is 2. The number of halogens is 2. The van der Waals surface area contributed by atoms with Crippen molar-refractivity contribution in [1.82, 2.24) is 0 Å². The SMILES string of the molecule is CCCC1(CCC)c2cc(Br)ccc2N(C(=O)OC(C)(C)C)c2ccc(Br)cc21. The van der Waals surface area contributed by atoms with Gasteiger partial charge in [-0.3, -0.25) is 0 Å². The van der Waals surface area contributed by atoms with Gasteiger partial charge in [0.2, 0.25) is 0 Å². The normalized spacial score (nSPS) is 14.9. The molecule has 0 saturated carbocycles. The second-order valence-electron chi connectivity index (χ2n) is 8.72. The van der Waals surface area contributed by atoms with Gasteiger partial charge in [0.1, 0.15) is 5.60 Å². The van der Waals surface area contributed by atoms with Gasteiger partial charge < -0.3 is 4.74 Å². The van der Waals surface area contributed by atoms with Crippen LogP contribution in [0.1, 0.15) is 71.4 Å². The van der Waals surface area contributed by atoms with Crippen LogP contribution >= 0.6 is 31.9 Å². The minimum Gasteiger partial charge on any atom is -0.443 e. The molecule has 0 bridgehead atoms. The standard InChI is InChI=1S/C24H29Br2NO2/c1-6-12-24(13-7-2)18-14-16(25)8-10-20(18)27(22(28)29-23(3,4)5)21-11-9-17(26)15-19(21)24/h8-11,14-15H,6-7,12-13H2,1-5H3. The first-order valence-electron chi connectivity index (χ1n) is 10.3. The second-order valence-corrected chi connectivity index (χ2v) is 10.6. The van der Waals surface area contributed by atoms with Gasteiger partial charge in [0.05, 0.1) is 11.4 Å². The van der Waals surface area contributed by atoms with Gasteiger partial charge in [0, 0.05) is 14.4 Å². The number of hydrogen-bond acceptors (Lipinski definition) is 2. The molecule has 0 saturated heterocycles. The van der Waals surface area contributed by atoms with E-state index in [0.29, 0.717) is 0 Å². The first kappa shape index (κ1) is 22.4. The summed E-state index contributed by atoms with van der Waals surface area (Å²) in [4.78, 5) is 15.1. The molecule has 0 radical (unpaired) electrons. The molecule has 0 N–H and O–H groups in total. The molecule has 0 unspecified atom stereocenters. The van der Waals surface area contributed by atoms with Crippen molar-refractivity contribution in [2.45, 2.75) is 71.3 Å². The molecule has 2 aromatic carbocycles. The highest BCUT2D eigenvalue weighted by molar-refractivity contribution is 9.10. The molecule has 3 nitrogen and oxygen atoms in total. The predicted octanol–water partition coefficient (Wildman–Crippen LogP) is 8.48. The van der Waals surface area contributed by atoms with Gasteiger partial charge in [-0.1, -0.05) is 58.5 Å². The zero-order chi connectivity index (χ0) is 21.4. The summed E-state index contributed by atoms with van der Waals surface area (Å²) in [5, 5.41) is 0. The highest BCUT2D eigenvalue weighted by Crippen LogP contribution is 2.54. The van der Waals surface area contributed by atoms with Crippen molar-refractivity contribution in [3.05, 3.63) is 56.5 Å². The van der Waals surface area contributed by atoms with E-state index < -0.39 is 5.60 Å². The van der Waals surface area contributed by atoms with E-state index in [4.69, 9.17) is 4.74 Å². The molecule has 0 aromatic heterocycles. The average molecular weight is 523 g/mol. The smallest absolute Gasteiger partial charge is 0.419 e. The van der Waals surface area contributed by atoms with Crippen molar-refractivity contribution in [1.29, 1.82) is 0 Å². The molecule has 0 spiro atoms. The number of ether oxygens (including phenoxy) is 1. The zero-order valence-electron chi connectivity index (χ0n) is 17.8. The molecule has 0 atom stereocenters. The van der Waals surface area contributed by atoms with Gasteiger partial charge in [-0.05, 0) is 81.1 Å². The molecule has 0 aliphatic carbocycles. The lowest BCUT2D eigenvalue weighted by atomic mass is 9.65. The number of anilines is 2. The highest BCUT2D eigenvalue weighted by Gasteiger charge is 2.44. The van der Waals surface area contributed by atoms with Crippen molar-refractivity contribution in [2.75, 3.05) is 4.90 Å². The molecular formula is C24H29Br2NO2. The Hall–Kier alpha value is -1.33. The Morgan fingerprint density at radius 1 is 0.931 bits per heavy atom. The van der Waals surface area contributed by atoms with E-state index in [1.54, 1.807) is 4.90 Å². The van der Waals surface area contributed by atoms with Crippen molar-refractivity contribution in [3.8, 4) is 0 Å². The topological polar surface area (TPSA) is 29.5 Å². The molecule has 5 heteroatoms. The summed E-state index contributed by atoms with van der Waals surface area (Å²) in [5.74, 6) is 0. The van der Waals surface area contributed by atoms with Crippen LogP contribution in [-0.4, -0.2) is 11.7 Å². The molecule has 1 heterocycles. The number of nitrogens with zero attached hydrogens (tertiary/aromatic N) is 1. The summed E-state index contributed by atoms with van der Waals surface area (Å²) in [6.07, 6.45) is 3.83. The first-order valence-corrected chi connectivity index (χ1v) is 11.8. The van der Waals surface area contributed by atoms with Crippen molar-refractivity contribution >= 4 is 49.3 Å². The Balaban J connectivity index is 2.33. The summed E-state index contributed by atoms with van der Waals surface area (Å²) in [7, 11) is 0. The Bertz CT molecular complexity index is 856. The fourth-order valence-electron chi connectivity index (χ4n) is 4.47. The van der Waals surface area contributed by atoms with Gasteiger partial charge >= 0.3 is 6.09 Å². The first-order chi connectivity index (χ1) is 13.6. The number of hydrogen-bond donors (Lipinski definition) is 0. The van der Waals surface area contributed by atoms with Crippen LogP contribution in [0.3, 0.4) is 0 Å². The van der Waals surface area contributed by atoms with Crippen LogP contribution < -0.4 is 4.90 Å².